The molecule has 1 aromatic rings. The first-order valence-corrected chi connectivity index (χ1v) is 5.47. The van der Waals surface area contributed by atoms with Gasteiger partial charge < -0.3 is 10.5 Å². The minimum absolute atomic E-state index is 0.226. The van der Waals surface area contributed by atoms with Crippen molar-refractivity contribution < 1.29 is 9.53 Å². The van der Waals surface area contributed by atoms with Gasteiger partial charge in [-0.05, 0) is 22.6 Å². The summed E-state index contributed by atoms with van der Waals surface area (Å²) in [5, 5.41) is 0. The third-order valence-corrected chi connectivity index (χ3v) is 2.70. The number of ether oxygens (including phenoxy) is 1. The van der Waals surface area contributed by atoms with Crippen LogP contribution in [0, 0.1) is 0 Å². The van der Waals surface area contributed by atoms with Crippen molar-refractivity contribution in [2.75, 3.05) is 7.11 Å². The molecule has 1 rings (SSSR count). The molecular weight excluding hydrogens is 202 g/mol. The lowest BCUT2D eigenvalue weighted by molar-refractivity contribution is -0.139. The molecule has 0 saturated heterocycles. The van der Waals surface area contributed by atoms with Gasteiger partial charge in [0.2, 0.25) is 0 Å². The fraction of sp³-hybridized carbons (Fsp3) is 0.462. The number of carbonyl (C=O) groups excluding carboxylic acids is 1. The van der Waals surface area contributed by atoms with Gasteiger partial charge in [0.05, 0.1) is 13.5 Å². The van der Waals surface area contributed by atoms with Gasteiger partial charge in [0, 0.05) is 6.54 Å². The molecule has 0 radical (unpaired) electrons. The Morgan fingerprint density at radius 1 is 1.44 bits per heavy atom. The van der Waals surface area contributed by atoms with Crippen LogP contribution in [-0.2, 0) is 22.5 Å². The molecule has 3 nitrogen and oxygen atoms in total. The standard InChI is InChI=1S/C13H19NO2/c1-9(2)11-6-4-5-10(12(11)8-14)7-13(15)16-3/h4-6,9H,7-8,14H2,1-3H3. The average Bonchev–Trinajstić information content (AvgIpc) is 2.28. The fourth-order valence-corrected chi connectivity index (χ4v) is 1.84. The summed E-state index contributed by atoms with van der Waals surface area (Å²) in [7, 11) is 1.40. The minimum atomic E-state index is -0.226. The number of hydrogen-bond donors (Lipinski definition) is 1. The Morgan fingerprint density at radius 2 is 2.12 bits per heavy atom. The van der Waals surface area contributed by atoms with Gasteiger partial charge in [0.15, 0.2) is 0 Å². The van der Waals surface area contributed by atoms with Crippen LogP contribution >= 0.6 is 0 Å². The third kappa shape index (κ3) is 2.83. The van der Waals surface area contributed by atoms with Crippen molar-refractivity contribution >= 4 is 5.97 Å². The molecule has 0 amide bonds. The second-order valence-corrected chi connectivity index (χ2v) is 4.10. The molecule has 0 aliphatic rings. The first-order valence-electron chi connectivity index (χ1n) is 5.47. The molecule has 88 valence electrons. The Kier molecular flexibility index (Phi) is 4.50. The maximum Gasteiger partial charge on any atom is 0.309 e. The first kappa shape index (κ1) is 12.7. The van der Waals surface area contributed by atoms with Crippen molar-refractivity contribution in [1.82, 2.24) is 0 Å². The van der Waals surface area contributed by atoms with E-state index in [0.717, 1.165) is 11.1 Å². The summed E-state index contributed by atoms with van der Waals surface area (Å²) < 4.78 is 4.67. The summed E-state index contributed by atoms with van der Waals surface area (Å²) in [6.07, 6.45) is 0.295. The van der Waals surface area contributed by atoms with Crippen molar-refractivity contribution in [2.24, 2.45) is 5.73 Å². The molecule has 0 aliphatic heterocycles. The van der Waals surface area contributed by atoms with Gasteiger partial charge in [-0.3, -0.25) is 4.79 Å². The second-order valence-electron chi connectivity index (χ2n) is 4.10. The molecule has 0 spiro atoms. The average molecular weight is 221 g/mol. The smallest absolute Gasteiger partial charge is 0.309 e. The van der Waals surface area contributed by atoms with Gasteiger partial charge >= 0.3 is 5.97 Å². The largest absolute Gasteiger partial charge is 0.469 e. The Bertz CT molecular complexity index is 372. The summed E-state index contributed by atoms with van der Waals surface area (Å²) in [5.74, 6) is 0.187. The molecule has 16 heavy (non-hydrogen) atoms. The van der Waals surface area contributed by atoms with Gasteiger partial charge in [-0.2, -0.15) is 0 Å². The van der Waals surface area contributed by atoms with Crippen molar-refractivity contribution in [2.45, 2.75) is 32.7 Å². The lowest BCUT2D eigenvalue weighted by atomic mass is 9.92. The van der Waals surface area contributed by atoms with E-state index in [0.29, 0.717) is 18.9 Å². The Balaban J connectivity index is 3.08. The van der Waals surface area contributed by atoms with Gasteiger partial charge in [-0.15, -0.1) is 0 Å². The summed E-state index contributed by atoms with van der Waals surface area (Å²) in [5.41, 5.74) is 9.01. The molecule has 3 heteroatoms. The fourth-order valence-electron chi connectivity index (χ4n) is 1.84. The quantitative estimate of drug-likeness (QED) is 0.791. The van der Waals surface area contributed by atoms with Crippen LogP contribution in [0.15, 0.2) is 18.2 Å². The van der Waals surface area contributed by atoms with E-state index in [4.69, 9.17) is 5.73 Å². The molecule has 0 aromatic heterocycles. The summed E-state index contributed by atoms with van der Waals surface area (Å²) >= 11 is 0. The van der Waals surface area contributed by atoms with Crippen LogP contribution < -0.4 is 5.73 Å². The van der Waals surface area contributed by atoms with E-state index in [-0.39, 0.29) is 5.97 Å². The number of nitrogens with two attached hydrogens (primary N) is 1. The zero-order valence-corrected chi connectivity index (χ0v) is 10.1. The Morgan fingerprint density at radius 3 is 2.62 bits per heavy atom. The monoisotopic (exact) mass is 221 g/mol. The number of hydrogen-bond acceptors (Lipinski definition) is 3. The van der Waals surface area contributed by atoms with Crippen molar-refractivity contribution in [3.8, 4) is 0 Å². The lowest BCUT2D eigenvalue weighted by Crippen LogP contribution is -2.11. The van der Waals surface area contributed by atoms with Gasteiger partial charge in [-0.25, -0.2) is 0 Å². The molecule has 0 bridgehead atoms. The van der Waals surface area contributed by atoms with Gasteiger partial charge in [0.25, 0.3) is 0 Å². The second kappa shape index (κ2) is 5.66. The molecule has 0 unspecified atom stereocenters. The van der Waals surface area contributed by atoms with E-state index in [1.54, 1.807) is 0 Å². The highest BCUT2D eigenvalue weighted by Gasteiger charge is 2.12. The first-order chi connectivity index (χ1) is 7.60. The van der Waals surface area contributed by atoms with Crippen molar-refractivity contribution in [3.05, 3.63) is 34.9 Å². The minimum Gasteiger partial charge on any atom is -0.469 e. The van der Waals surface area contributed by atoms with Gasteiger partial charge in [0.1, 0.15) is 0 Å². The Labute approximate surface area is 96.6 Å². The highest BCUT2D eigenvalue weighted by molar-refractivity contribution is 5.73. The molecule has 0 heterocycles. The Hall–Kier alpha value is -1.35. The molecule has 2 N–H and O–H groups in total. The van der Waals surface area contributed by atoms with Crippen LogP contribution in [0.1, 0.15) is 36.5 Å². The van der Waals surface area contributed by atoms with E-state index in [1.807, 2.05) is 12.1 Å². The molecule has 0 saturated carbocycles. The van der Waals surface area contributed by atoms with Crippen LogP contribution in [0.5, 0.6) is 0 Å². The number of esters is 1. The highest BCUT2D eigenvalue weighted by atomic mass is 16.5. The predicted molar refractivity (Wildman–Crippen MR) is 64.1 cm³/mol. The van der Waals surface area contributed by atoms with Crippen molar-refractivity contribution in [1.29, 1.82) is 0 Å². The maximum absolute atomic E-state index is 11.3. The van der Waals surface area contributed by atoms with Crippen LogP contribution in [0.2, 0.25) is 0 Å². The van der Waals surface area contributed by atoms with Gasteiger partial charge in [-0.1, -0.05) is 32.0 Å². The van der Waals surface area contributed by atoms with Crippen LogP contribution in [0.4, 0.5) is 0 Å². The molecule has 1 aromatic carbocycles. The topological polar surface area (TPSA) is 52.3 Å². The molecule has 0 atom stereocenters. The van der Waals surface area contributed by atoms with Crippen molar-refractivity contribution in [3.63, 3.8) is 0 Å². The van der Waals surface area contributed by atoms with E-state index in [2.05, 4.69) is 24.7 Å². The van der Waals surface area contributed by atoms with E-state index in [9.17, 15) is 4.79 Å². The predicted octanol–water partition coefficient (Wildman–Crippen LogP) is 1.98. The van der Waals surface area contributed by atoms with E-state index in [1.165, 1.54) is 12.7 Å². The van der Waals surface area contributed by atoms with E-state index >= 15 is 0 Å². The lowest BCUT2D eigenvalue weighted by Gasteiger charge is -2.15. The summed E-state index contributed by atoms with van der Waals surface area (Å²) in [6, 6.07) is 5.96. The number of rotatable bonds is 4. The van der Waals surface area contributed by atoms with Crippen LogP contribution in [-0.4, -0.2) is 13.1 Å². The van der Waals surface area contributed by atoms with Crippen LogP contribution in [0.25, 0.3) is 0 Å². The third-order valence-electron chi connectivity index (χ3n) is 2.70. The summed E-state index contributed by atoms with van der Waals surface area (Å²) in [4.78, 5) is 11.3. The zero-order valence-electron chi connectivity index (χ0n) is 10.1. The molecule has 0 aliphatic carbocycles. The normalized spacial score (nSPS) is 10.6. The highest BCUT2D eigenvalue weighted by Crippen LogP contribution is 2.22. The zero-order chi connectivity index (χ0) is 12.1. The number of methoxy groups -OCH3 is 1. The maximum atomic E-state index is 11.3. The summed E-state index contributed by atoms with van der Waals surface area (Å²) in [6.45, 7) is 4.70. The number of carbonyl (C=O) groups is 1. The molecular formula is C13H19NO2. The number of benzene rings is 1. The molecule has 0 fully saturated rings. The SMILES string of the molecule is COC(=O)Cc1cccc(C(C)C)c1CN. The van der Waals surface area contributed by atoms with Crippen LogP contribution in [0.3, 0.4) is 0 Å². The van der Waals surface area contributed by atoms with E-state index < -0.39 is 0 Å².